The molecule has 1 unspecified atom stereocenters. The molecule has 2 rings (SSSR count). The topological polar surface area (TPSA) is 49.3 Å². The number of hydrogen-bond donors (Lipinski definition) is 2. The highest BCUT2D eigenvalue weighted by atomic mass is 127. The summed E-state index contributed by atoms with van der Waals surface area (Å²) in [6.07, 6.45) is 4.58. The normalized spacial score (nSPS) is 19.0. The van der Waals surface area contributed by atoms with Crippen molar-refractivity contribution in [1.29, 1.82) is 0 Å². The molecule has 1 aromatic heterocycles. The second-order valence-corrected chi connectivity index (χ2v) is 7.36. The average Bonchev–Trinajstić information content (AvgIpc) is 2.65. The van der Waals surface area contributed by atoms with E-state index in [1.165, 1.54) is 32.6 Å². The molecule has 0 spiro atoms. The Morgan fingerprint density at radius 3 is 3.24 bits per heavy atom. The molecule has 2 N–H and O–H groups in total. The lowest BCUT2D eigenvalue weighted by Crippen LogP contribution is -2.25. The molecule has 0 bridgehead atoms. The second kappa shape index (κ2) is 6.15. The van der Waals surface area contributed by atoms with Gasteiger partial charge in [-0.2, -0.15) is 0 Å². The Kier molecular flexibility index (Phi) is 4.81. The number of rotatable bonds is 5. The number of hydrogen-bond acceptors (Lipinski definition) is 3. The van der Waals surface area contributed by atoms with Gasteiger partial charge in [-0.05, 0) is 66.4 Å². The summed E-state index contributed by atoms with van der Waals surface area (Å²) >= 11 is 4.27. The van der Waals surface area contributed by atoms with Crippen molar-refractivity contribution in [3.63, 3.8) is 0 Å². The first-order valence-electron chi connectivity index (χ1n) is 5.90. The first-order valence-corrected chi connectivity index (χ1v) is 7.79. The molecule has 0 saturated carbocycles. The fourth-order valence-corrected chi connectivity index (χ4v) is 4.37. The van der Waals surface area contributed by atoms with Gasteiger partial charge in [0.15, 0.2) is 0 Å². The Bertz CT molecular complexity index is 405. The predicted molar refractivity (Wildman–Crippen MR) is 77.6 cm³/mol. The lowest BCUT2D eigenvalue weighted by atomic mass is 9.94. The Morgan fingerprint density at radius 1 is 1.65 bits per heavy atom. The van der Waals surface area contributed by atoms with Crippen LogP contribution < -0.4 is 5.32 Å². The first kappa shape index (κ1) is 13.3. The average molecular weight is 365 g/mol. The van der Waals surface area contributed by atoms with Gasteiger partial charge in [0.25, 0.3) is 0 Å². The largest absolute Gasteiger partial charge is 0.481 e. The highest BCUT2D eigenvalue weighted by Crippen LogP contribution is 2.36. The molecule has 0 amide bonds. The van der Waals surface area contributed by atoms with Crippen molar-refractivity contribution in [2.24, 2.45) is 0 Å². The third-order valence-electron chi connectivity index (χ3n) is 3.04. The SMILES string of the molecule is O=C(O)CCCNC1CCCc2sc(I)cc21. The predicted octanol–water partition coefficient (Wildman–Crippen LogP) is 3.18. The zero-order valence-electron chi connectivity index (χ0n) is 9.54. The Morgan fingerprint density at radius 2 is 2.47 bits per heavy atom. The van der Waals surface area contributed by atoms with Crippen LogP contribution in [0.5, 0.6) is 0 Å². The highest BCUT2D eigenvalue weighted by molar-refractivity contribution is 14.1. The van der Waals surface area contributed by atoms with E-state index in [9.17, 15) is 4.79 Å². The number of halogens is 1. The first-order chi connectivity index (χ1) is 8.16. The number of carboxylic acids is 1. The van der Waals surface area contributed by atoms with Gasteiger partial charge >= 0.3 is 5.97 Å². The number of aliphatic carboxylic acids is 1. The molecule has 0 aromatic carbocycles. The minimum Gasteiger partial charge on any atom is -0.481 e. The molecule has 17 heavy (non-hydrogen) atoms. The highest BCUT2D eigenvalue weighted by Gasteiger charge is 2.21. The second-order valence-electron chi connectivity index (χ2n) is 4.33. The van der Waals surface area contributed by atoms with Gasteiger partial charge in [0.1, 0.15) is 0 Å². The molecule has 1 aliphatic carbocycles. The van der Waals surface area contributed by atoms with Crippen molar-refractivity contribution in [3.8, 4) is 0 Å². The summed E-state index contributed by atoms with van der Waals surface area (Å²) in [6, 6.07) is 2.71. The third-order valence-corrected chi connectivity index (χ3v) is 5.01. The van der Waals surface area contributed by atoms with E-state index in [1.807, 2.05) is 11.3 Å². The van der Waals surface area contributed by atoms with Crippen LogP contribution in [-0.4, -0.2) is 17.6 Å². The van der Waals surface area contributed by atoms with Gasteiger partial charge in [-0.3, -0.25) is 4.79 Å². The summed E-state index contributed by atoms with van der Waals surface area (Å²) in [5, 5.41) is 12.1. The van der Waals surface area contributed by atoms with Crippen molar-refractivity contribution in [1.82, 2.24) is 5.32 Å². The summed E-state index contributed by atoms with van der Waals surface area (Å²) in [7, 11) is 0. The molecule has 0 radical (unpaired) electrons. The van der Waals surface area contributed by atoms with Gasteiger partial charge < -0.3 is 10.4 Å². The van der Waals surface area contributed by atoms with Crippen LogP contribution in [-0.2, 0) is 11.2 Å². The van der Waals surface area contributed by atoms with Crippen LogP contribution in [0.2, 0.25) is 0 Å². The minimum absolute atomic E-state index is 0.258. The van der Waals surface area contributed by atoms with Crippen molar-refractivity contribution in [2.75, 3.05) is 6.54 Å². The van der Waals surface area contributed by atoms with Crippen LogP contribution in [0.25, 0.3) is 0 Å². The van der Waals surface area contributed by atoms with Crippen molar-refractivity contribution in [2.45, 2.75) is 38.1 Å². The van der Waals surface area contributed by atoms with E-state index in [-0.39, 0.29) is 6.42 Å². The molecule has 1 aliphatic rings. The molecular weight excluding hydrogens is 349 g/mol. The molecule has 1 heterocycles. The van der Waals surface area contributed by atoms with Crippen molar-refractivity contribution < 1.29 is 9.90 Å². The maximum atomic E-state index is 10.4. The molecule has 0 saturated heterocycles. The Balaban J connectivity index is 1.88. The fourth-order valence-electron chi connectivity index (χ4n) is 2.25. The molecule has 94 valence electrons. The van der Waals surface area contributed by atoms with Crippen LogP contribution in [0.15, 0.2) is 6.07 Å². The number of aryl methyl sites for hydroxylation is 1. The van der Waals surface area contributed by atoms with Crippen LogP contribution >= 0.6 is 33.9 Å². The van der Waals surface area contributed by atoms with Crippen LogP contribution in [0.1, 0.15) is 42.2 Å². The lowest BCUT2D eigenvalue weighted by Gasteiger charge is -2.23. The molecule has 0 fully saturated rings. The number of carbonyl (C=O) groups is 1. The van der Waals surface area contributed by atoms with Gasteiger partial charge in [-0.15, -0.1) is 11.3 Å². The van der Waals surface area contributed by atoms with Crippen LogP contribution in [0, 0.1) is 2.88 Å². The van der Waals surface area contributed by atoms with Crippen molar-refractivity contribution >= 4 is 39.9 Å². The smallest absolute Gasteiger partial charge is 0.303 e. The van der Waals surface area contributed by atoms with E-state index in [0.717, 1.165) is 6.54 Å². The van der Waals surface area contributed by atoms with Gasteiger partial charge in [0.2, 0.25) is 0 Å². The number of nitrogens with one attached hydrogen (secondary N) is 1. The minimum atomic E-state index is -0.707. The van der Waals surface area contributed by atoms with E-state index < -0.39 is 5.97 Å². The molecule has 1 atom stereocenters. The summed E-state index contributed by atoms with van der Waals surface area (Å²) < 4.78 is 1.35. The van der Waals surface area contributed by atoms with E-state index in [1.54, 1.807) is 0 Å². The number of fused-ring (bicyclic) bond motifs is 1. The number of carboxylic acid groups (broad SMARTS) is 1. The van der Waals surface area contributed by atoms with E-state index in [4.69, 9.17) is 5.11 Å². The molecule has 5 heteroatoms. The third kappa shape index (κ3) is 3.66. The van der Waals surface area contributed by atoms with Gasteiger partial charge in [-0.1, -0.05) is 0 Å². The van der Waals surface area contributed by atoms with Gasteiger partial charge in [0, 0.05) is 17.3 Å². The zero-order valence-corrected chi connectivity index (χ0v) is 12.5. The standard InChI is InChI=1S/C12H16INO2S/c13-11-7-8-9(3-1-4-10(8)17-11)14-6-2-5-12(15)16/h7,9,14H,1-6H2,(H,15,16). The van der Waals surface area contributed by atoms with Gasteiger partial charge in [-0.25, -0.2) is 0 Å². The number of thiophene rings is 1. The Hall–Kier alpha value is -0.140. The zero-order chi connectivity index (χ0) is 12.3. The maximum absolute atomic E-state index is 10.4. The monoisotopic (exact) mass is 365 g/mol. The van der Waals surface area contributed by atoms with E-state index >= 15 is 0 Å². The quantitative estimate of drug-likeness (QED) is 0.623. The fraction of sp³-hybridized carbons (Fsp3) is 0.583. The molecule has 1 aromatic rings. The van der Waals surface area contributed by atoms with E-state index in [2.05, 4.69) is 34.0 Å². The molecular formula is C12H16INO2S. The summed E-state index contributed by atoms with van der Waals surface area (Å²) in [5.74, 6) is -0.707. The van der Waals surface area contributed by atoms with Gasteiger partial charge in [0.05, 0.1) is 2.88 Å². The lowest BCUT2D eigenvalue weighted by molar-refractivity contribution is -0.137. The summed E-state index contributed by atoms with van der Waals surface area (Å²) in [6.45, 7) is 0.794. The maximum Gasteiger partial charge on any atom is 0.303 e. The van der Waals surface area contributed by atoms with Crippen LogP contribution in [0.4, 0.5) is 0 Å². The van der Waals surface area contributed by atoms with E-state index in [0.29, 0.717) is 12.5 Å². The molecule has 3 nitrogen and oxygen atoms in total. The molecule has 0 aliphatic heterocycles. The summed E-state index contributed by atoms with van der Waals surface area (Å²) in [5.41, 5.74) is 1.45. The summed E-state index contributed by atoms with van der Waals surface area (Å²) in [4.78, 5) is 11.9. The Labute approximate surface area is 119 Å². The van der Waals surface area contributed by atoms with Crippen molar-refractivity contribution in [3.05, 3.63) is 19.4 Å². The van der Waals surface area contributed by atoms with Crippen LogP contribution in [0.3, 0.4) is 0 Å².